The molecule has 1 amide bonds. The number of nitrogens with two attached hydrogens (primary N) is 1. The molecule has 1 aromatic heterocycles. The number of carbonyl (C=O) groups is 1. The van der Waals surface area contributed by atoms with Crippen molar-refractivity contribution in [3.05, 3.63) is 62.7 Å². The molecule has 9 heteroatoms. The van der Waals surface area contributed by atoms with Crippen molar-refractivity contribution >= 4 is 40.2 Å². The number of rotatable bonds is 5. The number of halogens is 2. The van der Waals surface area contributed by atoms with E-state index in [-0.39, 0.29) is 28.4 Å². The Hall–Kier alpha value is -1.67. The van der Waals surface area contributed by atoms with Crippen molar-refractivity contribution in [1.82, 2.24) is 4.57 Å². The molecule has 6 nitrogen and oxygen atoms in total. The van der Waals surface area contributed by atoms with Crippen molar-refractivity contribution in [1.29, 1.82) is 5.41 Å². The Morgan fingerprint density at radius 3 is 2.61 bits per heavy atom. The van der Waals surface area contributed by atoms with Crippen LogP contribution in [-0.4, -0.2) is 19.2 Å². The first-order valence-electron chi connectivity index (χ1n) is 6.35. The SMILES string of the molecule is N=c1c(C(N)=O)cc(Cl)cn1Cc1ccc(CS(=O)[O-])cc1Cl. The second kappa shape index (κ2) is 7.27. The highest BCUT2D eigenvalue weighted by Gasteiger charge is 2.10. The van der Waals surface area contributed by atoms with Crippen LogP contribution in [0.15, 0.2) is 30.5 Å². The highest BCUT2D eigenvalue weighted by molar-refractivity contribution is 7.78. The van der Waals surface area contributed by atoms with Crippen LogP contribution in [-0.2, 0) is 23.4 Å². The van der Waals surface area contributed by atoms with Crippen molar-refractivity contribution in [2.24, 2.45) is 5.73 Å². The van der Waals surface area contributed by atoms with Crippen molar-refractivity contribution in [3.8, 4) is 0 Å². The minimum atomic E-state index is -2.20. The Bertz CT molecular complexity index is 852. The average molecular weight is 373 g/mol. The minimum absolute atomic E-state index is 0.00648. The molecular weight excluding hydrogens is 361 g/mol. The number of aromatic nitrogens is 1. The Morgan fingerprint density at radius 1 is 1.35 bits per heavy atom. The van der Waals surface area contributed by atoms with E-state index in [1.807, 2.05) is 0 Å². The largest absolute Gasteiger partial charge is 0.772 e. The predicted octanol–water partition coefficient (Wildman–Crippen LogP) is 1.80. The number of carbonyl (C=O) groups excluding carboxylic acids is 1. The molecule has 0 aliphatic carbocycles. The summed E-state index contributed by atoms with van der Waals surface area (Å²) >= 11 is 9.90. The molecule has 0 fully saturated rings. The first kappa shape index (κ1) is 17.7. The molecule has 1 unspecified atom stereocenters. The van der Waals surface area contributed by atoms with Gasteiger partial charge in [0.25, 0.3) is 5.91 Å². The summed E-state index contributed by atoms with van der Waals surface area (Å²) in [6, 6.07) is 6.19. The van der Waals surface area contributed by atoms with Crippen molar-refractivity contribution in [2.75, 3.05) is 0 Å². The van der Waals surface area contributed by atoms with Gasteiger partial charge in [0.1, 0.15) is 5.49 Å². The number of benzene rings is 1. The molecular formula is C14H12Cl2N3O3S-. The number of hydrogen-bond acceptors (Lipinski definition) is 4. The zero-order valence-corrected chi connectivity index (χ0v) is 14.0. The van der Waals surface area contributed by atoms with E-state index >= 15 is 0 Å². The van der Waals surface area contributed by atoms with Crippen LogP contribution in [0.3, 0.4) is 0 Å². The normalized spacial score (nSPS) is 12.1. The number of nitrogens with zero attached hydrogens (tertiary/aromatic N) is 1. The van der Waals surface area contributed by atoms with E-state index < -0.39 is 17.0 Å². The highest BCUT2D eigenvalue weighted by Crippen LogP contribution is 2.20. The fraction of sp³-hybridized carbons (Fsp3) is 0.143. The summed E-state index contributed by atoms with van der Waals surface area (Å²) in [5.41, 5.74) is 6.37. The van der Waals surface area contributed by atoms with Crippen LogP contribution in [0, 0.1) is 5.41 Å². The summed E-state index contributed by atoms with van der Waals surface area (Å²) < 4.78 is 22.9. The van der Waals surface area contributed by atoms with Crippen LogP contribution in [0.25, 0.3) is 0 Å². The Labute approximate surface area is 144 Å². The van der Waals surface area contributed by atoms with Crippen molar-refractivity contribution < 1.29 is 13.6 Å². The van der Waals surface area contributed by atoms with Gasteiger partial charge in [-0.3, -0.25) is 14.4 Å². The molecule has 0 radical (unpaired) electrons. The topological polar surface area (TPSA) is 112 Å². The minimum Gasteiger partial charge on any atom is -0.772 e. The van der Waals surface area contributed by atoms with E-state index in [0.29, 0.717) is 16.1 Å². The smallest absolute Gasteiger partial charge is 0.252 e. The molecule has 1 aromatic carbocycles. The lowest BCUT2D eigenvalue weighted by molar-refractivity contribution is 0.0997. The molecule has 23 heavy (non-hydrogen) atoms. The standard InChI is InChI=1S/C14H13Cl2N3O3S/c15-10-4-11(14(18)20)13(17)19(6-10)5-9-2-1-8(3-12(9)16)7-23(21)22/h1-4,6,17H,5,7H2,(H2,18,20)(H,21,22)/p-1. The molecule has 1 heterocycles. The fourth-order valence-electron chi connectivity index (χ4n) is 2.05. The van der Waals surface area contributed by atoms with Gasteiger partial charge >= 0.3 is 0 Å². The van der Waals surface area contributed by atoms with Gasteiger partial charge in [-0.25, -0.2) is 0 Å². The molecule has 0 saturated heterocycles. The summed E-state index contributed by atoms with van der Waals surface area (Å²) in [6.45, 7) is 0.194. The van der Waals surface area contributed by atoms with Gasteiger partial charge in [-0.05, 0) is 23.3 Å². The molecule has 0 spiro atoms. The van der Waals surface area contributed by atoms with Gasteiger partial charge in [-0.1, -0.05) is 46.4 Å². The number of nitrogens with one attached hydrogen (secondary N) is 1. The van der Waals surface area contributed by atoms with Gasteiger partial charge in [-0.15, -0.1) is 0 Å². The summed E-state index contributed by atoms with van der Waals surface area (Å²) in [7, 11) is 0. The summed E-state index contributed by atoms with van der Waals surface area (Å²) in [4.78, 5) is 11.3. The molecule has 0 saturated carbocycles. The van der Waals surface area contributed by atoms with Crippen LogP contribution in [0.5, 0.6) is 0 Å². The second-order valence-corrected chi connectivity index (χ2v) is 6.53. The van der Waals surface area contributed by atoms with Crippen LogP contribution in [0.4, 0.5) is 0 Å². The predicted molar refractivity (Wildman–Crippen MR) is 87.0 cm³/mol. The lowest BCUT2D eigenvalue weighted by Gasteiger charge is -2.12. The lowest BCUT2D eigenvalue weighted by Crippen LogP contribution is -2.29. The second-order valence-electron chi connectivity index (χ2n) is 4.79. The third-order valence-electron chi connectivity index (χ3n) is 3.11. The zero-order chi connectivity index (χ0) is 17.1. The van der Waals surface area contributed by atoms with Gasteiger partial charge in [0.15, 0.2) is 0 Å². The fourth-order valence-corrected chi connectivity index (χ4v) is 2.99. The Morgan fingerprint density at radius 2 is 2.04 bits per heavy atom. The van der Waals surface area contributed by atoms with Gasteiger partial charge in [0.05, 0.1) is 17.1 Å². The van der Waals surface area contributed by atoms with E-state index in [4.69, 9.17) is 34.3 Å². The highest BCUT2D eigenvalue weighted by atomic mass is 35.5. The average Bonchev–Trinajstić information content (AvgIpc) is 2.44. The van der Waals surface area contributed by atoms with Gasteiger partial charge in [0.2, 0.25) is 0 Å². The van der Waals surface area contributed by atoms with Crippen LogP contribution in [0.1, 0.15) is 21.5 Å². The van der Waals surface area contributed by atoms with Crippen LogP contribution in [0.2, 0.25) is 10.0 Å². The maximum Gasteiger partial charge on any atom is 0.252 e. The summed E-state index contributed by atoms with van der Waals surface area (Å²) in [6.07, 6.45) is 1.49. The van der Waals surface area contributed by atoms with E-state index in [1.54, 1.807) is 18.2 Å². The van der Waals surface area contributed by atoms with Gasteiger partial charge in [0, 0.05) is 17.0 Å². The summed E-state index contributed by atoms with van der Waals surface area (Å²) in [5, 5.41) is 8.64. The van der Waals surface area contributed by atoms with Gasteiger partial charge < -0.3 is 14.9 Å². The monoisotopic (exact) mass is 372 g/mol. The molecule has 0 aliphatic heterocycles. The van der Waals surface area contributed by atoms with Crippen LogP contribution >= 0.6 is 23.2 Å². The van der Waals surface area contributed by atoms with E-state index in [1.165, 1.54) is 16.8 Å². The molecule has 0 bridgehead atoms. The molecule has 0 aliphatic rings. The zero-order valence-electron chi connectivity index (χ0n) is 11.7. The van der Waals surface area contributed by atoms with E-state index in [9.17, 15) is 13.6 Å². The Kier molecular flexibility index (Phi) is 5.59. The van der Waals surface area contributed by atoms with Crippen LogP contribution < -0.4 is 11.2 Å². The third-order valence-corrected chi connectivity index (χ3v) is 4.24. The number of amides is 1. The quantitative estimate of drug-likeness (QED) is 0.780. The first-order valence-corrected chi connectivity index (χ1v) is 8.35. The molecule has 2 rings (SSSR count). The van der Waals surface area contributed by atoms with Gasteiger partial charge in [-0.2, -0.15) is 0 Å². The Balaban J connectivity index is 2.38. The van der Waals surface area contributed by atoms with Crippen molar-refractivity contribution in [2.45, 2.75) is 12.3 Å². The third kappa shape index (κ3) is 4.42. The van der Waals surface area contributed by atoms with Crippen molar-refractivity contribution in [3.63, 3.8) is 0 Å². The molecule has 122 valence electrons. The lowest BCUT2D eigenvalue weighted by atomic mass is 10.1. The number of hydrogen-bond donors (Lipinski definition) is 2. The van der Waals surface area contributed by atoms with E-state index in [0.717, 1.165) is 0 Å². The molecule has 3 N–H and O–H groups in total. The molecule has 2 aromatic rings. The molecule has 1 atom stereocenters. The summed E-state index contributed by atoms with van der Waals surface area (Å²) in [5.74, 6) is -0.870. The maximum atomic E-state index is 11.3. The number of pyridine rings is 1. The van der Waals surface area contributed by atoms with E-state index in [2.05, 4.69) is 0 Å². The first-order chi connectivity index (χ1) is 10.8. The number of primary amides is 1. The maximum absolute atomic E-state index is 11.3.